The molecule has 7 nitrogen and oxygen atoms in total. The van der Waals surface area contributed by atoms with Crippen LogP contribution in [0.5, 0.6) is 5.75 Å². The molecule has 7 heteroatoms. The van der Waals surface area contributed by atoms with Gasteiger partial charge in [0.25, 0.3) is 5.91 Å². The summed E-state index contributed by atoms with van der Waals surface area (Å²) in [6.45, 7) is -0.585. The second-order valence-electron chi connectivity index (χ2n) is 3.60. The van der Waals surface area contributed by atoms with Crippen LogP contribution < -0.4 is 15.8 Å². The summed E-state index contributed by atoms with van der Waals surface area (Å²) >= 11 is 0. The first kappa shape index (κ1) is 15.2. The summed E-state index contributed by atoms with van der Waals surface area (Å²) in [4.78, 5) is 32.7. The monoisotopic (exact) mass is 278 g/mol. The lowest BCUT2D eigenvalue weighted by atomic mass is 10.2. The molecule has 1 aromatic carbocycles. The van der Waals surface area contributed by atoms with Crippen LogP contribution in [0.15, 0.2) is 30.3 Å². The number of nitrogens with two attached hydrogens (primary N) is 1. The highest BCUT2D eigenvalue weighted by molar-refractivity contribution is 5.95. The van der Waals surface area contributed by atoms with E-state index in [2.05, 4.69) is 4.74 Å². The van der Waals surface area contributed by atoms with Gasteiger partial charge in [-0.2, -0.15) is 0 Å². The second kappa shape index (κ2) is 7.57. The zero-order valence-electron chi connectivity index (χ0n) is 10.8. The Balaban J connectivity index is 2.51. The number of hydrogen-bond acceptors (Lipinski definition) is 5. The van der Waals surface area contributed by atoms with E-state index in [1.54, 1.807) is 29.6 Å². The van der Waals surface area contributed by atoms with E-state index in [1.807, 2.05) is 0 Å². The Hall–Kier alpha value is -2.83. The fraction of sp³-hybridized carbons (Fsp3) is 0.154. The highest BCUT2D eigenvalue weighted by atomic mass is 16.5. The van der Waals surface area contributed by atoms with Crippen LogP contribution in [0.1, 0.15) is 5.56 Å². The number of esters is 1. The molecule has 0 saturated carbocycles. The zero-order valence-corrected chi connectivity index (χ0v) is 10.8. The molecule has 0 bridgehead atoms. The average molecular weight is 278 g/mol. The molecule has 0 radical (unpaired) electrons. The number of carbonyl (C=O) groups is 3. The van der Waals surface area contributed by atoms with Crippen molar-refractivity contribution >= 4 is 24.0 Å². The van der Waals surface area contributed by atoms with Crippen molar-refractivity contribution in [3.63, 3.8) is 0 Å². The van der Waals surface area contributed by atoms with Crippen LogP contribution in [0.3, 0.4) is 0 Å². The first-order chi connectivity index (χ1) is 9.52. The number of rotatable bonds is 5. The van der Waals surface area contributed by atoms with Gasteiger partial charge in [0.05, 0.1) is 7.11 Å². The van der Waals surface area contributed by atoms with Gasteiger partial charge in [0.1, 0.15) is 5.75 Å². The van der Waals surface area contributed by atoms with E-state index in [-0.39, 0.29) is 0 Å². The van der Waals surface area contributed by atoms with Crippen molar-refractivity contribution in [2.45, 2.75) is 0 Å². The van der Waals surface area contributed by atoms with E-state index in [4.69, 9.17) is 10.5 Å². The number of nitrogens with one attached hydrogen (secondary N) is 1. The van der Waals surface area contributed by atoms with Crippen LogP contribution in [0.4, 0.5) is 4.79 Å². The Morgan fingerprint density at radius 2 is 2.00 bits per heavy atom. The molecule has 0 fully saturated rings. The minimum absolute atomic E-state index is 0.585. The van der Waals surface area contributed by atoms with Gasteiger partial charge in [-0.15, -0.1) is 0 Å². The van der Waals surface area contributed by atoms with Crippen molar-refractivity contribution in [3.05, 3.63) is 35.9 Å². The normalized spacial score (nSPS) is 10.1. The molecule has 3 N–H and O–H groups in total. The number of ether oxygens (including phenoxy) is 2. The molecule has 106 valence electrons. The van der Waals surface area contributed by atoms with Crippen molar-refractivity contribution in [3.8, 4) is 5.75 Å². The highest BCUT2D eigenvalue weighted by Crippen LogP contribution is 2.18. The standard InChI is InChI=1S/C13H14N2O5/c1-19-10-5-3-2-4-9(10)6-7-12(17)20-8-11(16)15-13(14)18/h2-7H,8H2,1H3,(H3,14,15,16,18). The summed E-state index contributed by atoms with van der Waals surface area (Å²) in [7, 11) is 1.51. The van der Waals surface area contributed by atoms with Gasteiger partial charge in [-0.3, -0.25) is 10.1 Å². The van der Waals surface area contributed by atoms with Gasteiger partial charge in [0.15, 0.2) is 6.61 Å². The molecule has 1 rings (SSSR count). The van der Waals surface area contributed by atoms with E-state index >= 15 is 0 Å². The molecular weight excluding hydrogens is 264 g/mol. The summed E-state index contributed by atoms with van der Waals surface area (Å²) in [6, 6.07) is 6.07. The van der Waals surface area contributed by atoms with Gasteiger partial charge < -0.3 is 15.2 Å². The van der Waals surface area contributed by atoms with Crippen LogP contribution in [0, 0.1) is 0 Å². The Labute approximate surface area is 115 Å². The number of urea groups is 1. The minimum atomic E-state index is -1.00. The maximum atomic E-state index is 11.4. The second-order valence-corrected chi connectivity index (χ2v) is 3.60. The molecule has 20 heavy (non-hydrogen) atoms. The van der Waals surface area contributed by atoms with Crippen LogP contribution >= 0.6 is 0 Å². The number of benzene rings is 1. The lowest BCUT2D eigenvalue weighted by Crippen LogP contribution is -2.37. The SMILES string of the molecule is COc1ccccc1C=CC(=O)OCC(=O)NC(N)=O. The summed E-state index contributed by atoms with van der Waals surface area (Å²) in [5.74, 6) is -0.921. The van der Waals surface area contributed by atoms with E-state index in [0.29, 0.717) is 11.3 Å². The number of methoxy groups -OCH3 is 1. The predicted molar refractivity (Wildman–Crippen MR) is 70.7 cm³/mol. The Bertz CT molecular complexity index is 539. The number of hydrogen-bond donors (Lipinski definition) is 2. The average Bonchev–Trinajstić information content (AvgIpc) is 2.42. The third kappa shape index (κ3) is 5.21. The van der Waals surface area contributed by atoms with Crippen molar-refractivity contribution in [2.24, 2.45) is 5.73 Å². The molecule has 0 aliphatic heterocycles. The number of para-hydroxylation sites is 1. The van der Waals surface area contributed by atoms with E-state index in [1.165, 1.54) is 13.2 Å². The van der Waals surface area contributed by atoms with Crippen LogP contribution in [-0.2, 0) is 14.3 Å². The lowest BCUT2D eigenvalue weighted by Gasteiger charge is -2.03. The lowest BCUT2D eigenvalue weighted by molar-refractivity contribution is -0.143. The molecule has 0 saturated heterocycles. The van der Waals surface area contributed by atoms with Crippen LogP contribution in [0.2, 0.25) is 0 Å². The smallest absolute Gasteiger partial charge is 0.331 e. The number of carbonyl (C=O) groups excluding carboxylic acids is 3. The molecule has 0 atom stereocenters. The predicted octanol–water partition coefficient (Wildman–Crippen LogP) is 0.447. The van der Waals surface area contributed by atoms with Crippen molar-refractivity contribution in [1.82, 2.24) is 5.32 Å². The van der Waals surface area contributed by atoms with Gasteiger partial charge in [-0.1, -0.05) is 18.2 Å². The minimum Gasteiger partial charge on any atom is -0.496 e. The van der Waals surface area contributed by atoms with E-state index in [9.17, 15) is 14.4 Å². The maximum Gasteiger partial charge on any atom is 0.331 e. The van der Waals surface area contributed by atoms with Crippen LogP contribution in [0.25, 0.3) is 6.08 Å². The maximum absolute atomic E-state index is 11.4. The molecule has 0 aromatic heterocycles. The molecule has 0 aliphatic carbocycles. The fourth-order valence-corrected chi connectivity index (χ4v) is 1.32. The Morgan fingerprint density at radius 3 is 2.65 bits per heavy atom. The first-order valence-corrected chi connectivity index (χ1v) is 5.60. The Morgan fingerprint density at radius 1 is 1.30 bits per heavy atom. The largest absolute Gasteiger partial charge is 0.496 e. The molecule has 3 amide bonds. The van der Waals surface area contributed by atoms with Gasteiger partial charge in [0, 0.05) is 11.6 Å². The molecule has 0 unspecified atom stereocenters. The topological polar surface area (TPSA) is 108 Å². The summed E-state index contributed by atoms with van der Waals surface area (Å²) in [6.07, 6.45) is 2.64. The third-order valence-corrected chi connectivity index (χ3v) is 2.15. The summed E-state index contributed by atoms with van der Waals surface area (Å²) in [5, 5.41) is 1.77. The quantitative estimate of drug-likeness (QED) is 0.600. The van der Waals surface area contributed by atoms with E-state index < -0.39 is 24.5 Å². The Kier molecular flexibility index (Phi) is 5.76. The van der Waals surface area contributed by atoms with Gasteiger partial charge in [0.2, 0.25) is 0 Å². The summed E-state index contributed by atoms with van der Waals surface area (Å²) in [5.41, 5.74) is 5.42. The van der Waals surface area contributed by atoms with Crippen molar-refractivity contribution < 1.29 is 23.9 Å². The van der Waals surface area contributed by atoms with Crippen molar-refractivity contribution in [2.75, 3.05) is 13.7 Å². The first-order valence-electron chi connectivity index (χ1n) is 5.60. The molecular formula is C13H14N2O5. The summed E-state index contributed by atoms with van der Waals surface area (Å²) < 4.78 is 9.71. The van der Waals surface area contributed by atoms with Gasteiger partial charge in [-0.05, 0) is 12.1 Å². The highest BCUT2D eigenvalue weighted by Gasteiger charge is 2.07. The van der Waals surface area contributed by atoms with Gasteiger partial charge >= 0.3 is 12.0 Å². The van der Waals surface area contributed by atoms with Crippen LogP contribution in [-0.4, -0.2) is 31.6 Å². The third-order valence-electron chi connectivity index (χ3n) is 2.15. The van der Waals surface area contributed by atoms with E-state index in [0.717, 1.165) is 6.08 Å². The zero-order chi connectivity index (χ0) is 15.0. The number of amides is 3. The molecule has 0 aliphatic rings. The molecule has 0 heterocycles. The van der Waals surface area contributed by atoms with Crippen molar-refractivity contribution in [1.29, 1.82) is 0 Å². The van der Waals surface area contributed by atoms with Gasteiger partial charge in [-0.25, -0.2) is 9.59 Å². The number of primary amides is 1. The number of imide groups is 1. The molecule has 0 spiro atoms. The molecule has 1 aromatic rings. The fourth-order valence-electron chi connectivity index (χ4n) is 1.32.